The van der Waals surface area contributed by atoms with Gasteiger partial charge < -0.3 is 9.47 Å². The molecule has 13 heavy (non-hydrogen) atoms. The summed E-state index contributed by atoms with van der Waals surface area (Å²) in [6, 6.07) is 0. The van der Waals surface area contributed by atoms with E-state index in [1.807, 2.05) is 0 Å². The van der Waals surface area contributed by atoms with Crippen LogP contribution in [0.25, 0.3) is 0 Å². The first-order valence-electron chi connectivity index (χ1n) is 4.49. The van der Waals surface area contributed by atoms with Gasteiger partial charge in [0.15, 0.2) is 0 Å². The molecule has 0 amide bonds. The monoisotopic (exact) mass is 206 g/mol. The zero-order chi connectivity index (χ0) is 9.84. The van der Waals surface area contributed by atoms with Crippen molar-refractivity contribution in [3.05, 3.63) is 0 Å². The summed E-state index contributed by atoms with van der Waals surface area (Å²) in [7, 11) is 1.62. The van der Waals surface area contributed by atoms with Crippen LogP contribution >= 0.6 is 11.6 Å². The standard InChI is InChI=1S/C9H15ClO3/c1-6(11)13-9-7(10)4-3-5-8(9)12-2/h7-9H,3-5H2,1-2H3. The predicted molar refractivity (Wildman–Crippen MR) is 49.8 cm³/mol. The van der Waals surface area contributed by atoms with Crippen LogP contribution < -0.4 is 0 Å². The molecular weight excluding hydrogens is 192 g/mol. The summed E-state index contributed by atoms with van der Waals surface area (Å²) in [4.78, 5) is 10.8. The molecule has 0 aliphatic heterocycles. The van der Waals surface area contributed by atoms with E-state index in [2.05, 4.69) is 0 Å². The molecule has 1 aliphatic rings. The molecule has 0 N–H and O–H groups in total. The van der Waals surface area contributed by atoms with Gasteiger partial charge in [0.2, 0.25) is 0 Å². The van der Waals surface area contributed by atoms with Crippen molar-refractivity contribution in [3.63, 3.8) is 0 Å². The zero-order valence-corrected chi connectivity index (χ0v) is 8.71. The molecule has 3 unspecified atom stereocenters. The maximum atomic E-state index is 10.8. The Hall–Kier alpha value is -0.280. The van der Waals surface area contributed by atoms with Crippen molar-refractivity contribution >= 4 is 17.6 Å². The van der Waals surface area contributed by atoms with Gasteiger partial charge in [0, 0.05) is 14.0 Å². The molecule has 0 aromatic rings. The van der Waals surface area contributed by atoms with Gasteiger partial charge in [-0.2, -0.15) is 0 Å². The van der Waals surface area contributed by atoms with E-state index >= 15 is 0 Å². The number of carbonyl (C=O) groups is 1. The van der Waals surface area contributed by atoms with Gasteiger partial charge in [-0.05, 0) is 19.3 Å². The number of rotatable bonds is 2. The van der Waals surface area contributed by atoms with Crippen molar-refractivity contribution in [1.29, 1.82) is 0 Å². The summed E-state index contributed by atoms with van der Waals surface area (Å²) < 4.78 is 10.3. The summed E-state index contributed by atoms with van der Waals surface area (Å²) in [5.74, 6) is -0.292. The minimum Gasteiger partial charge on any atom is -0.458 e. The molecule has 0 aromatic carbocycles. The first-order valence-corrected chi connectivity index (χ1v) is 4.93. The van der Waals surface area contributed by atoms with Crippen LogP contribution in [0.3, 0.4) is 0 Å². The number of ether oxygens (including phenoxy) is 2. The topological polar surface area (TPSA) is 35.5 Å². The Morgan fingerprint density at radius 2 is 2.15 bits per heavy atom. The van der Waals surface area contributed by atoms with E-state index in [-0.39, 0.29) is 23.6 Å². The van der Waals surface area contributed by atoms with Crippen molar-refractivity contribution in [2.75, 3.05) is 7.11 Å². The first-order chi connectivity index (χ1) is 6.15. The largest absolute Gasteiger partial charge is 0.458 e. The lowest BCUT2D eigenvalue weighted by Crippen LogP contribution is -2.42. The smallest absolute Gasteiger partial charge is 0.303 e. The van der Waals surface area contributed by atoms with E-state index in [1.165, 1.54) is 6.92 Å². The fraction of sp³-hybridized carbons (Fsp3) is 0.889. The second kappa shape index (κ2) is 4.82. The molecule has 1 saturated carbocycles. The number of carbonyl (C=O) groups excluding carboxylic acids is 1. The molecule has 0 heterocycles. The molecule has 0 bridgehead atoms. The highest BCUT2D eigenvalue weighted by Crippen LogP contribution is 2.27. The van der Waals surface area contributed by atoms with Gasteiger partial charge in [-0.25, -0.2) is 0 Å². The number of methoxy groups -OCH3 is 1. The van der Waals surface area contributed by atoms with Gasteiger partial charge in [-0.15, -0.1) is 11.6 Å². The average Bonchev–Trinajstić information content (AvgIpc) is 2.08. The Bertz CT molecular complexity index is 184. The first kappa shape index (κ1) is 10.8. The van der Waals surface area contributed by atoms with Crippen LogP contribution in [0, 0.1) is 0 Å². The van der Waals surface area contributed by atoms with E-state index < -0.39 is 0 Å². The fourth-order valence-electron chi connectivity index (χ4n) is 1.67. The molecule has 0 saturated heterocycles. The average molecular weight is 207 g/mol. The van der Waals surface area contributed by atoms with Gasteiger partial charge in [-0.3, -0.25) is 4.79 Å². The van der Waals surface area contributed by atoms with Crippen molar-refractivity contribution in [1.82, 2.24) is 0 Å². The third-order valence-electron chi connectivity index (χ3n) is 2.30. The van der Waals surface area contributed by atoms with Crippen molar-refractivity contribution < 1.29 is 14.3 Å². The highest BCUT2D eigenvalue weighted by molar-refractivity contribution is 6.21. The summed E-state index contributed by atoms with van der Waals surface area (Å²) >= 11 is 6.04. The molecule has 4 heteroatoms. The third kappa shape index (κ3) is 2.85. The number of alkyl halides is 1. The van der Waals surface area contributed by atoms with E-state index in [0.29, 0.717) is 0 Å². The predicted octanol–water partition coefficient (Wildman–Crippen LogP) is 1.72. The Balaban J connectivity index is 2.56. The molecule has 3 nitrogen and oxygen atoms in total. The zero-order valence-electron chi connectivity index (χ0n) is 7.96. The van der Waals surface area contributed by atoms with E-state index in [9.17, 15) is 4.79 Å². The highest BCUT2D eigenvalue weighted by atomic mass is 35.5. The molecule has 1 aliphatic carbocycles. The Kier molecular flexibility index (Phi) is 4.00. The number of hydrogen-bond acceptors (Lipinski definition) is 3. The molecule has 1 fully saturated rings. The summed E-state index contributed by atoms with van der Waals surface area (Å²) in [5.41, 5.74) is 0. The lowest BCUT2D eigenvalue weighted by atomic mass is 9.94. The summed E-state index contributed by atoms with van der Waals surface area (Å²) in [5, 5.41) is -0.109. The van der Waals surface area contributed by atoms with Gasteiger partial charge >= 0.3 is 5.97 Å². The summed E-state index contributed by atoms with van der Waals surface area (Å²) in [6.45, 7) is 1.39. The summed E-state index contributed by atoms with van der Waals surface area (Å²) in [6.07, 6.45) is 2.51. The maximum Gasteiger partial charge on any atom is 0.303 e. The quantitative estimate of drug-likeness (QED) is 0.510. The second-order valence-electron chi connectivity index (χ2n) is 3.30. The number of esters is 1. The van der Waals surface area contributed by atoms with Crippen LogP contribution in [0.5, 0.6) is 0 Å². The molecule has 76 valence electrons. The van der Waals surface area contributed by atoms with Gasteiger partial charge in [0.1, 0.15) is 6.10 Å². The maximum absolute atomic E-state index is 10.8. The Morgan fingerprint density at radius 3 is 2.69 bits per heavy atom. The molecule has 0 aromatic heterocycles. The van der Waals surface area contributed by atoms with Crippen LogP contribution in [0.15, 0.2) is 0 Å². The van der Waals surface area contributed by atoms with Crippen LogP contribution in [0.4, 0.5) is 0 Å². The minimum absolute atomic E-state index is 0.0415. The SMILES string of the molecule is COC1CCCC(Cl)C1OC(C)=O. The van der Waals surface area contributed by atoms with Crippen molar-refractivity contribution in [3.8, 4) is 0 Å². The van der Waals surface area contributed by atoms with Crippen LogP contribution in [0.2, 0.25) is 0 Å². The number of halogens is 1. The van der Waals surface area contributed by atoms with Crippen molar-refractivity contribution in [2.24, 2.45) is 0 Å². The van der Waals surface area contributed by atoms with Gasteiger partial charge in [0.25, 0.3) is 0 Å². The number of hydrogen-bond donors (Lipinski definition) is 0. The van der Waals surface area contributed by atoms with Crippen molar-refractivity contribution in [2.45, 2.75) is 43.8 Å². The lowest BCUT2D eigenvalue weighted by molar-refractivity contribution is -0.156. The highest BCUT2D eigenvalue weighted by Gasteiger charge is 2.34. The van der Waals surface area contributed by atoms with E-state index in [4.69, 9.17) is 21.1 Å². The third-order valence-corrected chi connectivity index (χ3v) is 2.76. The second-order valence-corrected chi connectivity index (χ2v) is 3.86. The molecular formula is C9H15ClO3. The molecule has 1 rings (SSSR count). The normalized spacial score (nSPS) is 34.2. The van der Waals surface area contributed by atoms with Gasteiger partial charge in [-0.1, -0.05) is 0 Å². The molecule has 0 spiro atoms. The van der Waals surface area contributed by atoms with Crippen LogP contribution in [-0.4, -0.2) is 30.7 Å². The van der Waals surface area contributed by atoms with Crippen LogP contribution in [0.1, 0.15) is 26.2 Å². The molecule has 0 radical (unpaired) electrons. The molecule has 3 atom stereocenters. The Labute approximate surface area is 83.3 Å². The lowest BCUT2D eigenvalue weighted by Gasteiger charge is -2.33. The Morgan fingerprint density at radius 1 is 1.46 bits per heavy atom. The van der Waals surface area contributed by atoms with E-state index in [0.717, 1.165) is 19.3 Å². The van der Waals surface area contributed by atoms with Gasteiger partial charge in [0.05, 0.1) is 11.5 Å². The van der Waals surface area contributed by atoms with E-state index in [1.54, 1.807) is 7.11 Å². The minimum atomic E-state index is -0.292. The fourth-order valence-corrected chi connectivity index (χ4v) is 2.04. The van der Waals surface area contributed by atoms with Crippen LogP contribution in [-0.2, 0) is 14.3 Å².